The van der Waals surface area contributed by atoms with Crippen molar-refractivity contribution in [2.75, 3.05) is 6.61 Å². The van der Waals surface area contributed by atoms with Crippen LogP contribution in [0.4, 0.5) is 10.1 Å². The molecule has 0 aliphatic heterocycles. The fraction of sp³-hybridized carbons (Fsp3) is 0.417. The van der Waals surface area contributed by atoms with Gasteiger partial charge in [0.05, 0.1) is 23.6 Å². The molecule has 0 saturated carbocycles. The van der Waals surface area contributed by atoms with E-state index in [-0.39, 0.29) is 18.1 Å². The van der Waals surface area contributed by atoms with E-state index in [0.29, 0.717) is 0 Å². The molecule has 0 aromatic heterocycles. The van der Waals surface area contributed by atoms with E-state index in [1.165, 1.54) is 0 Å². The van der Waals surface area contributed by atoms with E-state index < -0.39 is 28.4 Å². The Hall–Kier alpha value is -2.02. The lowest BCUT2D eigenvalue weighted by atomic mass is 10.0. The highest BCUT2D eigenvalue weighted by Gasteiger charge is 2.19. The molecule has 6 nitrogen and oxygen atoms in total. The van der Waals surface area contributed by atoms with Gasteiger partial charge in [0.15, 0.2) is 0 Å². The Balaban J connectivity index is 2.96. The molecule has 1 atom stereocenters. The number of benzene rings is 1. The van der Waals surface area contributed by atoms with Gasteiger partial charge in [0.25, 0.3) is 11.6 Å². The summed E-state index contributed by atoms with van der Waals surface area (Å²) in [6.07, 6.45) is 0. The minimum absolute atomic E-state index is 0.0162. The summed E-state index contributed by atoms with van der Waals surface area (Å²) in [4.78, 5) is 21.6. The molecule has 0 heterocycles. The highest BCUT2D eigenvalue weighted by Crippen LogP contribution is 2.16. The van der Waals surface area contributed by atoms with E-state index in [9.17, 15) is 19.3 Å². The molecule has 0 unspecified atom stereocenters. The maximum absolute atomic E-state index is 13.2. The van der Waals surface area contributed by atoms with Crippen LogP contribution in [0.2, 0.25) is 0 Å². The molecule has 19 heavy (non-hydrogen) atoms. The van der Waals surface area contributed by atoms with Crippen molar-refractivity contribution < 1.29 is 19.2 Å². The van der Waals surface area contributed by atoms with Crippen molar-refractivity contribution in [2.24, 2.45) is 5.92 Å². The van der Waals surface area contributed by atoms with Gasteiger partial charge in [0.2, 0.25) is 0 Å². The van der Waals surface area contributed by atoms with Crippen LogP contribution in [0.25, 0.3) is 0 Å². The summed E-state index contributed by atoms with van der Waals surface area (Å²) in [5.74, 6) is -1.53. The number of nitro benzene ring substituents is 1. The van der Waals surface area contributed by atoms with E-state index in [2.05, 4.69) is 5.32 Å². The molecule has 104 valence electrons. The van der Waals surface area contributed by atoms with Crippen LogP contribution in [0, 0.1) is 21.8 Å². The van der Waals surface area contributed by atoms with E-state index in [4.69, 9.17) is 5.11 Å². The van der Waals surface area contributed by atoms with Crippen LogP contribution in [0.15, 0.2) is 18.2 Å². The second-order valence-corrected chi connectivity index (χ2v) is 4.46. The standard InChI is InChI=1S/C12H15FN2O4/c1-7(2)11(6-16)14-12(17)8-3-9(13)5-10(4-8)15(18)19/h3-5,7,11,16H,6H2,1-2H3,(H,14,17)/t11-/m1/s1. The zero-order valence-corrected chi connectivity index (χ0v) is 10.6. The molecule has 1 aromatic rings. The van der Waals surface area contributed by atoms with Gasteiger partial charge in [-0.1, -0.05) is 13.8 Å². The molecule has 0 fully saturated rings. The number of hydrogen-bond donors (Lipinski definition) is 2. The smallest absolute Gasteiger partial charge is 0.273 e. The molecule has 0 saturated heterocycles. The molecule has 2 N–H and O–H groups in total. The summed E-state index contributed by atoms with van der Waals surface area (Å²) in [5, 5.41) is 22.2. The van der Waals surface area contributed by atoms with Gasteiger partial charge >= 0.3 is 0 Å². The summed E-state index contributed by atoms with van der Waals surface area (Å²) < 4.78 is 13.2. The fourth-order valence-corrected chi connectivity index (χ4v) is 1.49. The number of nitrogens with one attached hydrogen (secondary N) is 1. The van der Waals surface area contributed by atoms with Gasteiger partial charge in [-0.3, -0.25) is 14.9 Å². The Morgan fingerprint density at radius 3 is 2.58 bits per heavy atom. The second kappa shape index (κ2) is 6.24. The predicted molar refractivity (Wildman–Crippen MR) is 66.2 cm³/mol. The number of non-ortho nitro benzene ring substituents is 1. The SMILES string of the molecule is CC(C)[C@@H](CO)NC(=O)c1cc(F)cc([N+](=O)[O-])c1. The van der Waals surface area contributed by atoms with Gasteiger partial charge < -0.3 is 10.4 Å². The zero-order chi connectivity index (χ0) is 14.6. The van der Waals surface area contributed by atoms with Crippen molar-refractivity contribution in [3.05, 3.63) is 39.7 Å². The minimum Gasteiger partial charge on any atom is -0.394 e. The third-order valence-electron chi connectivity index (χ3n) is 2.67. The largest absolute Gasteiger partial charge is 0.394 e. The van der Waals surface area contributed by atoms with Crippen LogP contribution < -0.4 is 5.32 Å². The lowest BCUT2D eigenvalue weighted by molar-refractivity contribution is -0.385. The van der Waals surface area contributed by atoms with Crippen molar-refractivity contribution in [2.45, 2.75) is 19.9 Å². The molecule has 0 spiro atoms. The Labute approximate surface area is 109 Å². The van der Waals surface area contributed by atoms with Crippen molar-refractivity contribution in [1.29, 1.82) is 0 Å². The minimum atomic E-state index is -0.857. The molecule has 0 bridgehead atoms. The lowest BCUT2D eigenvalue weighted by Crippen LogP contribution is -2.41. The first-order valence-corrected chi connectivity index (χ1v) is 5.72. The van der Waals surface area contributed by atoms with Crippen molar-refractivity contribution >= 4 is 11.6 Å². The molecule has 0 aliphatic rings. The van der Waals surface area contributed by atoms with Gasteiger partial charge in [0.1, 0.15) is 5.82 Å². The maximum atomic E-state index is 13.2. The average Bonchev–Trinajstić information content (AvgIpc) is 2.34. The molecule has 1 amide bonds. The quantitative estimate of drug-likeness (QED) is 0.626. The maximum Gasteiger partial charge on any atom is 0.273 e. The number of aliphatic hydroxyl groups excluding tert-OH is 1. The highest BCUT2D eigenvalue weighted by atomic mass is 19.1. The summed E-state index contributed by atoms with van der Waals surface area (Å²) in [7, 11) is 0. The number of halogens is 1. The van der Waals surface area contributed by atoms with Gasteiger partial charge in [-0.2, -0.15) is 0 Å². The third-order valence-corrected chi connectivity index (χ3v) is 2.67. The predicted octanol–water partition coefficient (Wildman–Crippen LogP) is 1.48. The number of nitro groups is 1. The Morgan fingerprint density at radius 2 is 2.11 bits per heavy atom. The number of rotatable bonds is 5. The lowest BCUT2D eigenvalue weighted by Gasteiger charge is -2.19. The van der Waals surface area contributed by atoms with Crippen LogP contribution in [-0.2, 0) is 0 Å². The highest BCUT2D eigenvalue weighted by molar-refractivity contribution is 5.95. The van der Waals surface area contributed by atoms with Gasteiger partial charge in [0, 0.05) is 11.6 Å². The van der Waals surface area contributed by atoms with E-state index in [1.54, 1.807) is 13.8 Å². The topological polar surface area (TPSA) is 92.5 Å². The van der Waals surface area contributed by atoms with Crippen LogP contribution in [0.1, 0.15) is 24.2 Å². The van der Waals surface area contributed by atoms with E-state index in [1.807, 2.05) is 0 Å². The number of aliphatic hydroxyl groups is 1. The van der Waals surface area contributed by atoms with Crippen molar-refractivity contribution in [3.63, 3.8) is 0 Å². The van der Waals surface area contributed by atoms with Crippen LogP contribution in [-0.4, -0.2) is 28.6 Å². The molecule has 1 rings (SSSR count). The molecule has 1 aromatic carbocycles. The zero-order valence-electron chi connectivity index (χ0n) is 10.6. The van der Waals surface area contributed by atoms with E-state index >= 15 is 0 Å². The normalized spacial score (nSPS) is 12.3. The molecule has 0 radical (unpaired) electrons. The summed E-state index contributed by atoms with van der Waals surface area (Å²) in [6, 6.07) is 2.15. The van der Waals surface area contributed by atoms with E-state index in [0.717, 1.165) is 18.2 Å². The first kappa shape index (κ1) is 15.0. The molecular weight excluding hydrogens is 255 g/mol. The Kier molecular flexibility index (Phi) is 4.94. The first-order valence-electron chi connectivity index (χ1n) is 5.72. The van der Waals surface area contributed by atoms with Crippen LogP contribution in [0.3, 0.4) is 0 Å². The number of carbonyl (C=O) groups excluding carboxylic acids is 1. The average molecular weight is 270 g/mol. The Morgan fingerprint density at radius 1 is 1.47 bits per heavy atom. The number of amides is 1. The van der Waals surface area contributed by atoms with Gasteiger partial charge in [-0.25, -0.2) is 4.39 Å². The van der Waals surface area contributed by atoms with Crippen LogP contribution >= 0.6 is 0 Å². The number of carbonyl (C=O) groups is 1. The molecule has 0 aliphatic carbocycles. The first-order chi connectivity index (χ1) is 8.85. The van der Waals surface area contributed by atoms with Gasteiger partial charge in [-0.15, -0.1) is 0 Å². The monoisotopic (exact) mass is 270 g/mol. The molecule has 7 heteroatoms. The summed E-state index contributed by atoms with van der Waals surface area (Å²) in [6.45, 7) is 3.34. The summed E-state index contributed by atoms with van der Waals surface area (Å²) >= 11 is 0. The summed E-state index contributed by atoms with van der Waals surface area (Å²) in [5.41, 5.74) is -0.638. The third kappa shape index (κ3) is 3.99. The van der Waals surface area contributed by atoms with Crippen molar-refractivity contribution in [3.8, 4) is 0 Å². The Bertz CT molecular complexity index is 491. The number of hydrogen-bond acceptors (Lipinski definition) is 4. The molecular formula is C12H15FN2O4. The van der Waals surface area contributed by atoms with Gasteiger partial charge in [-0.05, 0) is 12.0 Å². The van der Waals surface area contributed by atoms with Crippen molar-refractivity contribution in [1.82, 2.24) is 5.32 Å². The van der Waals surface area contributed by atoms with Crippen LogP contribution in [0.5, 0.6) is 0 Å². The fourth-order valence-electron chi connectivity index (χ4n) is 1.49. The number of nitrogens with zero attached hydrogens (tertiary/aromatic N) is 1. The second-order valence-electron chi connectivity index (χ2n) is 4.46.